The van der Waals surface area contributed by atoms with E-state index in [0.717, 1.165) is 6.21 Å². The zero-order valence-corrected chi connectivity index (χ0v) is 14.5. The molecule has 0 aromatic heterocycles. The van der Waals surface area contributed by atoms with Gasteiger partial charge in [0, 0.05) is 5.56 Å². The Kier molecular flexibility index (Phi) is 6.06. The highest BCUT2D eigenvalue weighted by molar-refractivity contribution is 5.80. The van der Waals surface area contributed by atoms with Gasteiger partial charge in [0.05, 0.1) is 6.21 Å². The molecule has 1 N–H and O–H groups in total. The van der Waals surface area contributed by atoms with Gasteiger partial charge >= 0.3 is 0 Å². The molecule has 0 unspecified atom stereocenters. The molecule has 150 valence electrons. The lowest BCUT2D eigenvalue weighted by Gasteiger charge is -2.08. The number of hydrogen-bond acceptors (Lipinski definition) is 3. The molecule has 0 aliphatic rings. The fourth-order valence-electron chi connectivity index (χ4n) is 2.34. The van der Waals surface area contributed by atoms with Gasteiger partial charge in [-0.3, -0.25) is 5.43 Å². The molecule has 0 bridgehead atoms. The lowest BCUT2D eigenvalue weighted by Crippen LogP contribution is -2.06. The van der Waals surface area contributed by atoms with Crippen molar-refractivity contribution < 1.29 is 31.1 Å². The molecule has 0 spiro atoms. The molecule has 3 aromatic carbocycles. The number of anilines is 1. The summed E-state index contributed by atoms with van der Waals surface area (Å²) >= 11 is 0. The second kappa shape index (κ2) is 8.68. The fourth-order valence-corrected chi connectivity index (χ4v) is 2.34. The number of rotatable bonds is 6. The lowest BCUT2D eigenvalue weighted by atomic mass is 10.2. The third kappa shape index (κ3) is 4.50. The van der Waals surface area contributed by atoms with Crippen LogP contribution in [-0.2, 0) is 6.61 Å². The van der Waals surface area contributed by atoms with Gasteiger partial charge in [-0.2, -0.15) is 5.10 Å². The Morgan fingerprint density at radius 1 is 0.793 bits per heavy atom. The van der Waals surface area contributed by atoms with Gasteiger partial charge in [0.25, 0.3) is 0 Å². The fraction of sp³-hybridized carbons (Fsp3) is 0.0500. The Morgan fingerprint density at radius 3 is 2.14 bits per heavy atom. The highest BCUT2D eigenvalue weighted by Crippen LogP contribution is 2.27. The number of hydrogen-bond donors (Lipinski definition) is 1. The summed E-state index contributed by atoms with van der Waals surface area (Å²) < 4.78 is 85.6. The van der Waals surface area contributed by atoms with Crippen molar-refractivity contribution >= 4 is 11.9 Å². The molecule has 0 fully saturated rings. The van der Waals surface area contributed by atoms with Gasteiger partial charge in [-0.1, -0.05) is 30.3 Å². The average Bonchev–Trinajstić information content (AvgIpc) is 2.73. The Labute approximate surface area is 161 Å². The van der Waals surface area contributed by atoms with Crippen molar-refractivity contribution in [1.29, 1.82) is 0 Å². The number of nitrogens with one attached hydrogen (secondary N) is 1. The predicted molar refractivity (Wildman–Crippen MR) is 94.6 cm³/mol. The Morgan fingerprint density at radius 2 is 1.45 bits per heavy atom. The highest BCUT2D eigenvalue weighted by atomic mass is 19.2. The van der Waals surface area contributed by atoms with Gasteiger partial charge in [-0.25, -0.2) is 26.3 Å². The lowest BCUT2D eigenvalue weighted by molar-refractivity contribution is 0.300. The predicted octanol–water partition coefficient (Wildman–Crippen LogP) is 5.55. The van der Waals surface area contributed by atoms with Gasteiger partial charge in [-0.05, 0) is 23.8 Å². The molecule has 29 heavy (non-hydrogen) atoms. The molecule has 9 heteroatoms. The minimum absolute atomic E-state index is 0.0317. The number of nitrogens with zero attached hydrogens (tertiary/aromatic N) is 1. The van der Waals surface area contributed by atoms with E-state index in [1.165, 1.54) is 12.1 Å². The number of hydrazone groups is 1. The van der Waals surface area contributed by atoms with Gasteiger partial charge in [0.15, 0.2) is 23.3 Å². The first-order valence-electron chi connectivity index (χ1n) is 8.15. The SMILES string of the molecule is Fc1ccccc1COc1cccc(/C=N/Nc2c(F)c(F)c(F)c(F)c2F)c1. The van der Waals surface area contributed by atoms with Crippen LogP contribution in [0.3, 0.4) is 0 Å². The van der Waals surface area contributed by atoms with Crippen LogP contribution < -0.4 is 10.2 Å². The molecular formula is C20H12F6N2O. The van der Waals surface area contributed by atoms with Crippen LogP contribution in [0.1, 0.15) is 11.1 Å². The molecule has 0 heterocycles. The van der Waals surface area contributed by atoms with Crippen LogP contribution in [0.2, 0.25) is 0 Å². The first-order chi connectivity index (χ1) is 13.9. The molecule has 3 nitrogen and oxygen atoms in total. The first-order valence-corrected chi connectivity index (χ1v) is 8.15. The molecule has 3 rings (SSSR count). The third-order valence-corrected chi connectivity index (χ3v) is 3.81. The van der Waals surface area contributed by atoms with Crippen molar-refractivity contribution in [3.63, 3.8) is 0 Å². The smallest absolute Gasteiger partial charge is 0.200 e. The normalized spacial score (nSPS) is 11.1. The minimum Gasteiger partial charge on any atom is -0.489 e. The molecule has 0 saturated heterocycles. The number of ether oxygens (including phenoxy) is 1. The zero-order chi connectivity index (χ0) is 21.0. The van der Waals surface area contributed by atoms with Crippen molar-refractivity contribution in [2.75, 3.05) is 5.43 Å². The third-order valence-electron chi connectivity index (χ3n) is 3.81. The summed E-state index contributed by atoms with van der Waals surface area (Å²) in [4.78, 5) is 0. The maximum Gasteiger partial charge on any atom is 0.200 e. The van der Waals surface area contributed by atoms with E-state index >= 15 is 0 Å². The van der Waals surface area contributed by atoms with Crippen molar-refractivity contribution in [2.24, 2.45) is 5.10 Å². The molecule has 0 saturated carbocycles. The highest BCUT2D eigenvalue weighted by Gasteiger charge is 2.25. The maximum absolute atomic E-state index is 13.6. The van der Waals surface area contributed by atoms with E-state index < -0.39 is 40.6 Å². The molecule has 3 aromatic rings. The molecule has 0 aliphatic heterocycles. The van der Waals surface area contributed by atoms with Gasteiger partial charge in [-0.15, -0.1) is 0 Å². The number of benzene rings is 3. The minimum atomic E-state index is -2.26. The van der Waals surface area contributed by atoms with Crippen molar-refractivity contribution in [2.45, 2.75) is 6.61 Å². The van der Waals surface area contributed by atoms with Crippen LogP contribution >= 0.6 is 0 Å². The van der Waals surface area contributed by atoms with Crippen LogP contribution in [0.15, 0.2) is 53.6 Å². The summed E-state index contributed by atoms with van der Waals surface area (Å²) in [6.07, 6.45) is 1.09. The Bertz CT molecular complexity index is 1040. The van der Waals surface area contributed by atoms with E-state index in [1.54, 1.807) is 41.8 Å². The zero-order valence-electron chi connectivity index (χ0n) is 14.5. The van der Waals surface area contributed by atoms with Crippen molar-refractivity contribution in [1.82, 2.24) is 0 Å². The molecule has 0 radical (unpaired) electrons. The van der Waals surface area contributed by atoms with E-state index in [-0.39, 0.29) is 6.61 Å². The van der Waals surface area contributed by atoms with E-state index in [0.29, 0.717) is 16.9 Å². The summed E-state index contributed by atoms with van der Waals surface area (Å²) in [6.45, 7) is -0.0317. The Hall–Kier alpha value is -3.49. The maximum atomic E-state index is 13.6. The Balaban J connectivity index is 1.71. The molecule has 0 atom stereocenters. The standard InChI is InChI=1S/C20H12F6N2O/c21-14-7-2-1-5-12(14)10-29-13-6-3-4-11(8-13)9-27-28-20-18(25)16(23)15(22)17(24)19(20)26/h1-9,28H,10H2/b27-9+. The average molecular weight is 410 g/mol. The topological polar surface area (TPSA) is 33.6 Å². The quantitative estimate of drug-likeness (QED) is 0.190. The van der Waals surface area contributed by atoms with Crippen LogP contribution in [0.4, 0.5) is 32.0 Å². The van der Waals surface area contributed by atoms with Gasteiger partial charge in [0.2, 0.25) is 5.82 Å². The molecular weight excluding hydrogens is 398 g/mol. The second-order valence-electron chi connectivity index (χ2n) is 5.77. The van der Waals surface area contributed by atoms with Crippen molar-refractivity contribution in [3.8, 4) is 5.75 Å². The van der Waals surface area contributed by atoms with Crippen molar-refractivity contribution in [3.05, 3.63) is 94.6 Å². The van der Waals surface area contributed by atoms with E-state index in [1.807, 2.05) is 0 Å². The van der Waals surface area contributed by atoms with E-state index in [4.69, 9.17) is 4.74 Å². The van der Waals surface area contributed by atoms with Gasteiger partial charge in [0.1, 0.15) is 23.9 Å². The molecule has 0 aliphatic carbocycles. The first kappa shape index (κ1) is 20.2. The van der Waals surface area contributed by atoms with Gasteiger partial charge < -0.3 is 4.74 Å². The van der Waals surface area contributed by atoms with Crippen LogP contribution in [-0.4, -0.2) is 6.21 Å². The summed E-state index contributed by atoms with van der Waals surface area (Å²) in [5, 5.41) is 3.49. The van der Waals surface area contributed by atoms with Crippen LogP contribution in [0.25, 0.3) is 0 Å². The largest absolute Gasteiger partial charge is 0.489 e. The van der Waals surface area contributed by atoms with E-state index in [2.05, 4.69) is 5.10 Å². The number of halogens is 6. The summed E-state index contributed by atoms with van der Waals surface area (Å²) in [6, 6.07) is 12.3. The van der Waals surface area contributed by atoms with E-state index in [9.17, 15) is 26.3 Å². The summed E-state index contributed by atoms with van der Waals surface area (Å²) in [7, 11) is 0. The summed E-state index contributed by atoms with van der Waals surface area (Å²) in [5.41, 5.74) is 1.27. The van der Waals surface area contributed by atoms with Crippen LogP contribution in [0, 0.1) is 34.9 Å². The second-order valence-corrected chi connectivity index (χ2v) is 5.77. The summed E-state index contributed by atoms with van der Waals surface area (Å²) in [5.74, 6) is -10.5. The molecule has 0 amide bonds. The van der Waals surface area contributed by atoms with Crippen LogP contribution in [0.5, 0.6) is 5.75 Å². The monoisotopic (exact) mass is 410 g/mol.